The first kappa shape index (κ1) is 27.4. The fourth-order valence-electron chi connectivity index (χ4n) is 4.60. The van der Waals surface area contributed by atoms with Crippen LogP contribution in [-0.4, -0.2) is 86.3 Å². The topological polar surface area (TPSA) is 76.9 Å². The van der Waals surface area contributed by atoms with Crippen molar-refractivity contribution < 1.29 is 31.1 Å². The van der Waals surface area contributed by atoms with Gasteiger partial charge in [-0.1, -0.05) is 11.8 Å². The molecule has 0 unspecified atom stereocenters. The highest BCUT2D eigenvalue weighted by atomic mass is 32.2. The molecule has 2 aliphatic heterocycles. The Morgan fingerprint density at radius 2 is 1.55 bits per heavy atom. The summed E-state index contributed by atoms with van der Waals surface area (Å²) >= 11 is 1.19. The number of nitrogens with zero attached hydrogens (tertiary/aromatic N) is 4. The number of benzene rings is 2. The summed E-state index contributed by atoms with van der Waals surface area (Å²) in [6, 6.07) is 6.28. The Morgan fingerprint density at radius 3 is 2.29 bits per heavy atom. The molecule has 13 heteroatoms. The standard InChI is InChI=1S/C25H29F3N4O4S2/c26-20-16-22(28)21(27)14-18(20)17-37-25-29-23-15-19(38(33,34)31-8-12-36-13-9-31)2-3-24(23)32(25)5-1-4-30-6-10-35-11-7-30/h2-3,14-16H,1,4-13,17H2. The summed E-state index contributed by atoms with van der Waals surface area (Å²) in [7, 11) is -3.71. The van der Waals surface area contributed by atoms with Crippen LogP contribution in [0, 0.1) is 17.5 Å². The van der Waals surface area contributed by atoms with Crippen molar-refractivity contribution in [3.8, 4) is 0 Å². The molecule has 0 radical (unpaired) electrons. The van der Waals surface area contributed by atoms with Gasteiger partial charge in [0.05, 0.1) is 42.4 Å². The number of morpholine rings is 2. The fourth-order valence-corrected chi connectivity index (χ4v) is 7.05. The molecule has 3 aromatic rings. The van der Waals surface area contributed by atoms with Gasteiger partial charge in [-0.25, -0.2) is 26.6 Å². The van der Waals surface area contributed by atoms with Crippen molar-refractivity contribution in [3.63, 3.8) is 0 Å². The molecule has 8 nitrogen and oxygen atoms in total. The maximum absolute atomic E-state index is 14.3. The van der Waals surface area contributed by atoms with E-state index in [9.17, 15) is 21.6 Å². The number of halogens is 3. The zero-order valence-electron chi connectivity index (χ0n) is 20.7. The number of aromatic nitrogens is 2. The van der Waals surface area contributed by atoms with Crippen LogP contribution in [0.5, 0.6) is 0 Å². The van der Waals surface area contributed by atoms with Crippen LogP contribution in [0.4, 0.5) is 13.2 Å². The van der Waals surface area contributed by atoms with Gasteiger partial charge in [0, 0.05) is 56.7 Å². The Hall–Kier alpha value is -2.16. The van der Waals surface area contributed by atoms with E-state index in [2.05, 4.69) is 9.88 Å². The highest BCUT2D eigenvalue weighted by molar-refractivity contribution is 7.98. The van der Waals surface area contributed by atoms with E-state index in [1.807, 2.05) is 4.57 Å². The average Bonchev–Trinajstić information content (AvgIpc) is 3.27. The maximum Gasteiger partial charge on any atom is 0.243 e. The van der Waals surface area contributed by atoms with E-state index >= 15 is 0 Å². The van der Waals surface area contributed by atoms with Crippen molar-refractivity contribution in [2.45, 2.75) is 28.8 Å². The molecule has 0 saturated carbocycles. The number of hydrogen-bond donors (Lipinski definition) is 0. The second kappa shape index (κ2) is 11.9. The first-order valence-electron chi connectivity index (χ1n) is 12.5. The van der Waals surface area contributed by atoms with Gasteiger partial charge >= 0.3 is 0 Å². The number of rotatable bonds is 9. The van der Waals surface area contributed by atoms with Crippen molar-refractivity contribution in [2.24, 2.45) is 0 Å². The first-order valence-corrected chi connectivity index (χ1v) is 14.9. The number of thioether (sulfide) groups is 1. The zero-order valence-corrected chi connectivity index (χ0v) is 22.4. The summed E-state index contributed by atoms with van der Waals surface area (Å²) in [5.41, 5.74) is 1.27. The molecule has 3 heterocycles. The van der Waals surface area contributed by atoms with Gasteiger partial charge in [0.15, 0.2) is 16.8 Å². The lowest BCUT2D eigenvalue weighted by Crippen LogP contribution is -2.40. The largest absolute Gasteiger partial charge is 0.379 e. The molecule has 2 aromatic carbocycles. The van der Waals surface area contributed by atoms with E-state index in [-0.39, 0.29) is 29.3 Å². The Bertz CT molecular complexity index is 1390. The summed E-state index contributed by atoms with van der Waals surface area (Å²) in [6.07, 6.45) is 0.812. The number of imidazole rings is 1. The Morgan fingerprint density at radius 1 is 0.868 bits per heavy atom. The highest BCUT2D eigenvalue weighted by Crippen LogP contribution is 2.30. The summed E-state index contributed by atoms with van der Waals surface area (Å²) in [4.78, 5) is 7.14. The molecule has 2 aliphatic rings. The van der Waals surface area contributed by atoms with E-state index in [1.165, 1.54) is 16.1 Å². The normalized spacial score (nSPS) is 17.9. The smallest absolute Gasteiger partial charge is 0.243 e. The van der Waals surface area contributed by atoms with Crippen molar-refractivity contribution >= 4 is 32.8 Å². The number of sulfonamides is 1. The maximum atomic E-state index is 14.3. The molecule has 0 amide bonds. The Balaban J connectivity index is 1.42. The quantitative estimate of drug-likeness (QED) is 0.288. The molecule has 38 heavy (non-hydrogen) atoms. The minimum atomic E-state index is -3.71. The first-order chi connectivity index (χ1) is 18.3. The summed E-state index contributed by atoms with van der Waals surface area (Å²) in [5, 5.41) is 0.548. The number of hydrogen-bond acceptors (Lipinski definition) is 7. The van der Waals surface area contributed by atoms with Crippen LogP contribution >= 0.6 is 11.8 Å². The number of ether oxygens (including phenoxy) is 2. The van der Waals surface area contributed by atoms with Crippen LogP contribution in [0.1, 0.15) is 12.0 Å². The van der Waals surface area contributed by atoms with Crippen LogP contribution in [-0.2, 0) is 31.8 Å². The molecule has 0 N–H and O–H groups in total. The Kier molecular flexibility index (Phi) is 8.60. The SMILES string of the molecule is O=S(=O)(c1ccc2c(c1)nc(SCc1cc(F)c(F)cc1F)n2CCCN1CCOCC1)N1CCOCC1. The lowest BCUT2D eigenvalue weighted by Gasteiger charge is -2.26. The molecule has 206 valence electrons. The summed E-state index contributed by atoms with van der Waals surface area (Å²) < 4.78 is 81.8. The minimum absolute atomic E-state index is 0.0245. The van der Waals surface area contributed by atoms with Gasteiger partial charge in [0.25, 0.3) is 0 Å². The van der Waals surface area contributed by atoms with Crippen LogP contribution in [0.15, 0.2) is 40.4 Å². The molecule has 0 atom stereocenters. The van der Waals surface area contributed by atoms with Crippen molar-refractivity contribution in [2.75, 3.05) is 59.2 Å². The summed E-state index contributed by atoms with van der Waals surface area (Å²) in [5.74, 6) is -3.14. The molecule has 0 aliphatic carbocycles. The minimum Gasteiger partial charge on any atom is -0.379 e. The number of aryl methyl sites for hydroxylation is 1. The molecule has 0 bridgehead atoms. The third kappa shape index (κ3) is 6.02. The molecule has 2 fully saturated rings. The van der Waals surface area contributed by atoms with Crippen molar-refractivity contribution in [3.05, 3.63) is 53.3 Å². The summed E-state index contributed by atoms with van der Waals surface area (Å²) in [6.45, 7) is 5.87. The third-order valence-electron chi connectivity index (χ3n) is 6.70. The van der Waals surface area contributed by atoms with Gasteiger partial charge in [0.2, 0.25) is 10.0 Å². The predicted molar refractivity (Wildman–Crippen MR) is 137 cm³/mol. The van der Waals surface area contributed by atoms with Crippen molar-refractivity contribution in [1.82, 2.24) is 18.8 Å². The van der Waals surface area contributed by atoms with Gasteiger partial charge < -0.3 is 14.0 Å². The molecular formula is C25H29F3N4O4S2. The van der Waals surface area contributed by atoms with Crippen molar-refractivity contribution in [1.29, 1.82) is 0 Å². The second-order valence-corrected chi connectivity index (χ2v) is 12.0. The van der Waals surface area contributed by atoms with E-state index in [4.69, 9.17) is 9.47 Å². The van der Waals surface area contributed by atoms with Gasteiger partial charge in [0.1, 0.15) is 5.82 Å². The Labute approximate surface area is 223 Å². The highest BCUT2D eigenvalue weighted by Gasteiger charge is 2.27. The van der Waals surface area contributed by atoms with Gasteiger partial charge in [-0.05, 0) is 30.7 Å². The molecule has 2 saturated heterocycles. The lowest BCUT2D eigenvalue weighted by atomic mass is 10.2. The van der Waals surface area contributed by atoms with Gasteiger partial charge in [-0.15, -0.1) is 0 Å². The van der Waals surface area contributed by atoms with Crippen LogP contribution in [0.3, 0.4) is 0 Å². The van der Waals surface area contributed by atoms with Crippen LogP contribution < -0.4 is 0 Å². The van der Waals surface area contributed by atoms with Crippen LogP contribution in [0.2, 0.25) is 0 Å². The van der Waals surface area contributed by atoms with E-state index in [0.717, 1.165) is 37.6 Å². The predicted octanol–water partition coefficient (Wildman–Crippen LogP) is 3.49. The second-order valence-electron chi connectivity index (χ2n) is 9.17. The fraction of sp³-hybridized carbons (Fsp3) is 0.480. The molecule has 1 aromatic heterocycles. The molecular weight excluding hydrogens is 541 g/mol. The number of fused-ring (bicyclic) bond motifs is 1. The molecule has 0 spiro atoms. The lowest BCUT2D eigenvalue weighted by molar-refractivity contribution is 0.0369. The average molecular weight is 571 g/mol. The van der Waals surface area contributed by atoms with Gasteiger partial charge in [-0.3, -0.25) is 4.90 Å². The zero-order chi connectivity index (χ0) is 26.7. The van der Waals surface area contributed by atoms with Crippen LogP contribution in [0.25, 0.3) is 11.0 Å². The third-order valence-corrected chi connectivity index (χ3v) is 9.62. The monoisotopic (exact) mass is 570 g/mol. The van der Waals surface area contributed by atoms with E-state index in [0.29, 0.717) is 49.7 Å². The molecule has 5 rings (SSSR count). The van der Waals surface area contributed by atoms with Gasteiger partial charge in [-0.2, -0.15) is 4.31 Å². The van der Waals surface area contributed by atoms with E-state index in [1.54, 1.807) is 18.2 Å². The van der Waals surface area contributed by atoms with E-state index < -0.39 is 27.5 Å².